The summed E-state index contributed by atoms with van der Waals surface area (Å²) in [6, 6.07) is 10.4. The number of anilines is 1. The lowest BCUT2D eigenvalue weighted by molar-refractivity contribution is 0.0690. The van der Waals surface area contributed by atoms with Crippen molar-refractivity contribution in [3.05, 3.63) is 58.9 Å². The van der Waals surface area contributed by atoms with Crippen LogP contribution in [-0.2, 0) is 0 Å². The fourth-order valence-electron chi connectivity index (χ4n) is 2.55. The number of carboxylic acid groups (broad SMARTS) is 1. The topological polar surface area (TPSA) is 79.3 Å². The van der Waals surface area contributed by atoms with Gasteiger partial charge in [0.25, 0.3) is 5.91 Å². The predicted molar refractivity (Wildman–Crippen MR) is 93.8 cm³/mol. The molecule has 5 heteroatoms. The molecule has 0 bridgehead atoms. The van der Waals surface area contributed by atoms with Crippen molar-refractivity contribution in [1.82, 2.24) is 4.98 Å². The molecule has 2 N–H and O–H groups in total. The van der Waals surface area contributed by atoms with E-state index in [1.54, 1.807) is 0 Å². The minimum absolute atomic E-state index is 0.0863. The van der Waals surface area contributed by atoms with Gasteiger partial charge in [0.1, 0.15) is 11.4 Å². The molecule has 0 saturated heterocycles. The summed E-state index contributed by atoms with van der Waals surface area (Å²) in [6.45, 7) is 8.27. The number of hydrogen-bond donors (Lipinski definition) is 2. The molecule has 1 amide bonds. The van der Waals surface area contributed by atoms with E-state index >= 15 is 0 Å². The zero-order valence-corrected chi connectivity index (χ0v) is 14.3. The third kappa shape index (κ3) is 3.79. The van der Waals surface area contributed by atoms with E-state index in [0.717, 1.165) is 16.8 Å². The molecule has 0 unspecified atom stereocenters. The number of aromatic nitrogens is 1. The Balaban J connectivity index is 2.41. The average molecular weight is 326 g/mol. The predicted octanol–water partition coefficient (Wildman–Crippen LogP) is 4.28. The largest absolute Gasteiger partial charge is 0.477 e. The lowest BCUT2D eigenvalue weighted by Gasteiger charge is -2.20. The zero-order chi connectivity index (χ0) is 17.9. The highest BCUT2D eigenvalue weighted by Gasteiger charge is 2.18. The maximum atomic E-state index is 12.6. The van der Waals surface area contributed by atoms with Crippen LogP contribution in [0.5, 0.6) is 0 Å². The Morgan fingerprint density at radius 2 is 1.42 bits per heavy atom. The van der Waals surface area contributed by atoms with Crippen molar-refractivity contribution in [3.8, 4) is 0 Å². The molecule has 5 nitrogen and oxygen atoms in total. The van der Waals surface area contributed by atoms with Gasteiger partial charge in [-0.1, -0.05) is 52.0 Å². The first-order valence-corrected chi connectivity index (χ1v) is 7.95. The maximum Gasteiger partial charge on any atom is 0.354 e. The van der Waals surface area contributed by atoms with Crippen LogP contribution in [0.3, 0.4) is 0 Å². The molecule has 1 aromatic carbocycles. The lowest BCUT2D eigenvalue weighted by atomic mass is 9.92. The second kappa shape index (κ2) is 7.25. The van der Waals surface area contributed by atoms with E-state index < -0.39 is 11.9 Å². The Morgan fingerprint density at radius 1 is 0.917 bits per heavy atom. The lowest BCUT2D eigenvalue weighted by Crippen LogP contribution is -2.18. The van der Waals surface area contributed by atoms with Gasteiger partial charge in [-0.25, -0.2) is 9.78 Å². The van der Waals surface area contributed by atoms with Crippen LogP contribution in [0.1, 0.15) is 71.6 Å². The van der Waals surface area contributed by atoms with Crippen LogP contribution >= 0.6 is 0 Å². The Bertz CT molecular complexity index is 741. The first-order chi connectivity index (χ1) is 11.3. The molecule has 1 heterocycles. The monoisotopic (exact) mass is 326 g/mol. The number of benzene rings is 1. The van der Waals surface area contributed by atoms with Gasteiger partial charge in [0.15, 0.2) is 0 Å². The van der Waals surface area contributed by atoms with Crippen LogP contribution in [0, 0.1) is 0 Å². The van der Waals surface area contributed by atoms with Gasteiger partial charge in [0, 0.05) is 5.69 Å². The highest BCUT2D eigenvalue weighted by Crippen LogP contribution is 2.32. The number of nitrogens with one attached hydrogen (secondary N) is 1. The van der Waals surface area contributed by atoms with Gasteiger partial charge in [-0.3, -0.25) is 4.79 Å². The molecule has 2 aromatic rings. The van der Waals surface area contributed by atoms with E-state index in [0.29, 0.717) is 0 Å². The SMILES string of the molecule is CC(C)c1cccc(C(C)C)c1NC(=O)c1cccc(C(=O)O)n1. The summed E-state index contributed by atoms with van der Waals surface area (Å²) in [4.78, 5) is 27.5. The Hall–Kier alpha value is -2.69. The summed E-state index contributed by atoms with van der Waals surface area (Å²) < 4.78 is 0. The molecule has 0 aliphatic rings. The number of nitrogens with zero attached hydrogens (tertiary/aromatic N) is 1. The number of carbonyl (C=O) groups excluding carboxylic acids is 1. The van der Waals surface area contributed by atoms with Gasteiger partial charge < -0.3 is 10.4 Å². The minimum Gasteiger partial charge on any atom is -0.477 e. The average Bonchev–Trinajstić information content (AvgIpc) is 2.54. The number of pyridine rings is 1. The van der Waals surface area contributed by atoms with Crippen molar-refractivity contribution in [1.29, 1.82) is 0 Å². The molecule has 0 aliphatic heterocycles. The Morgan fingerprint density at radius 3 is 1.92 bits per heavy atom. The van der Waals surface area contributed by atoms with Crippen molar-refractivity contribution in [2.75, 3.05) is 5.32 Å². The first kappa shape index (κ1) is 17.7. The van der Waals surface area contributed by atoms with Gasteiger partial charge in [-0.2, -0.15) is 0 Å². The van der Waals surface area contributed by atoms with Crippen LogP contribution < -0.4 is 5.32 Å². The van der Waals surface area contributed by atoms with E-state index in [1.807, 2.05) is 18.2 Å². The first-order valence-electron chi connectivity index (χ1n) is 7.95. The third-order valence-electron chi connectivity index (χ3n) is 3.81. The standard InChI is InChI=1S/C19H22N2O3/c1-11(2)13-7-5-8-14(12(3)4)17(13)21-18(22)15-9-6-10-16(20-15)19(23)24/h5-12H,1-4H3,(H,21,22)(H,23,24). The van der Waals surface area contributed by atoms with Crippen molar-refractivity contribution in [2.45, 2.75) is 39.5 Å². The highest BCUT2D eigenvalue weighted by molar-refractivity contribution is 6.04. The zero-order valence-electron chi connectivity index (χ0n) is 14.3. The molecule has 1 aromatic heterocycles. The Labute approximate surface area is 141 Å². The summed E-state index contributed by atoms with van der Waals surface area (Å²) in [5.74, 6) is -1.07. The molecule has 0 aliphatic carbocycles. The quantitative estimate of drug-likeness (QED) is 0.859. The molecule has 2 rings (SSSR count). The number of carboxylic acids is 1. The second-order valence-corrected chi connectivity index (χ2v) is 6.29. The molecule has 0 saturated carbocycles. The van der Waals surface area contributed by atoms with Crippen LogP contribution in [0.4, 0.5) is 5.69 Å². The normalized spacial score (nSPS) is 10.9. The summed E-state index contributed by atoms with van der Waals surface area (Å²) in [7, 11) is 0. The summed E-state index contributed by atoms with van der Waals surface area (Å²) >= 11 is 0. The fraction of sp³-hybridized carbons (Fsp3) is 0.316. The van der Waals surface area contributed by atoms with Crippen molar-refractivity contribution < 1.29 is 14.7 Å². The molecule has 24 heavy (non-hydrogen) atoms. The van der Waals surface area contributed by atoms with E-state index in [4.69, 9.17) is 5.11 Å². The Kier molecular flexibility index (Phi) is 5.34. The number of rotatable bonds is 5. The molecule has 126 valence electrons. The van der Waals surface area contributed by atoms with Crippen LogP contribution in [0.15, 0.2) is 36.4 Å². The number of aromatic carboxylic acids is 1. The minimum atomic E-state index is -1.16. The van der Waals surface area contributed by atoms with Gasteiger partial charge in [-0.05, 0) is 35.1 Å². The van der Waals surface area contributed by atoms with Crippen LogP contribution in [0.2, 0.25) is 0 Å². The van der Waals surface area contributed by atoms with Gasteiger partial charge in [0.05, 0.1) is 0 Å². The summed E-state index contributed by atoms with van der Waals surface area (Å²) in [5, 5.41) is 12.0. The second-order valence-electron chi connectivity index (χ2n) is 6.29. The van der Waals surface area contributed by atoms with E-state index in [1.165, 1.54) is 18.2 Å². The number of hydrogen-bond acceptors (Lipinski definition) is 3. The molecular formula is C19H22N2O3. The van der Waals surface area contributed by atoms with Crippen LogP contribution in [-0.4, -0.2) is 22.0 Å². The van der Waals surface area contributed by atoms with E-state index in [9.17, 15) is 9.59 Å². The van der Waals surface area contributed by atoms with E-state index in [2.05, 4.69) is 38.0 Å². The molecule has 0 spiro atoms. The van der Waals surface area contributed by atoms with Gasteiger partial charge in [0.2, 0.25) is 0 Å². The van der Waals surface area contributed by atoms with Gasteiger partial charge in [-0.15, -0.1) is 0 Å². The number of carbonyl (C=O) groups is 2. The molecule has 0 fully saturated rings. The van der Waals surface area contributed by atoms with E-state index in [-0.39, 0.29) is 23.2 Å². The van der Waals surface area contributed by atoms with Crippen molar-refractivity contribution >= 4 is 17.6 Å². The van der Waals surface area contributed by atoms with Crippen molar-refractivity contribution in [2.24, 2.45) is 0 Å². The highest BCUT2D eigenvalue weighted by atomic mass is 16.4. The smallest absolute Gasteiger partial charge is 0.354 e. The van der Waals surface area contributed by atoms with Crippen LogP contribution in [0.25, 0.3) is 0 Å². The molecular weight excluding hydrogens is 304 g/mol. The summed E-state index contributed by atoms with van der Waals surface area (Å²) in [6.07, 6.45) is 0. The molecule has 0 radical (unpaired) electrons. The number of para-hydroxylation sites is 1. The molecule has 0 atom stereocenters. The number of amides is 1. The van der Waals surface area contributed by atoms with Crippen molar-refractivity contribution in [3.63, 3.8) is 0 Å². The van der Waals surface area contributed by atoms with Gasteiger partial charge >= 0.3 is 5.97 Å². The maximum absolute atomic E-state index is 12.6. The fourth-order valence-corrected chi connectivity index (χ4v) is 2.55. The third-order valence-corrected chi connectivity index (χ3v) is 3.81. The summed E-state index contributed by atoms with van der Waals surface area (Å²) in [5.41, 5.74) is 2.81.